The number of nitrogens with one attached hydrogen (secondary N) is 1. The van der Waals surface area contributed by atoms with Crippen molar-refractivity contribution in [2.24, 2.45) is 0 Å². The van der Waals surface area contributed by atoms with Gasteiger partial charge in [-0.05, 0) is 0 Å². The Morgan fingerprint density at radius 1 is 1.70 bits per heavy atom. The Balaban J connectivity index is 2.04. The van der Waals surface area contributed by atoms with Crippen LogP contribution in [0.15, 0.2) is 12.5 Å². The van der Waals surface area contributed by atoms with Gasteiger partial charge in [-0.15, -0.1) is 0 Å². The molecule has 0 amide bonds. The van der Waals surface area contributed by atoms with E-state index in [-0.39, 0.29) is 18.6 Å². The standard InChI is InChI=1S/C10H13N4O5P/c11-2-6-3-12-5-13-10(6)14-9-1-7(19-20(16)17)8(4-15)18-9/h3,5,7-9,15,20H,1,4H2,(H,16,17)(H,12,13,14)/t7-,8+,9+/m0/s1. The maximum atomic E-state index is 10.7. The lowest BCUT2D eigenvalue weighted by Crippen LogP contribution is -2.26. The van der Waals surface area contributed by atoms with Crippen LogP contribution in [0.3, 0.4) is 0 Å². The lowest BCUT2D eigenvalue weighted by atomic mass is 10.2. The summed E-state index contributed by atoms with van der Waals surface area (Å²) in [5.74, 6) is 0.293. The van der Waals surface area contributed by atoms with Gasteiger partial charge in [0.2, 0.25) is 0 Å². The van der Waals surface area contributed by atoms with Crippen molar-refractivity contribution in [3.8, 4) is 6.07 Å². The molecule has 4 atom stereocenters. The van der Waals surface area contributed by atoms with E-state index >= 15 is 0 Å². The number of hydrogen-bond donors (Lipinski definition) is 3. The van der Waals surface area contributed by atoms with Crippen molar-refractivity contribution >= 4 is 14.1 Å². The fourth-order valence-electron chi connectivity index (χ4n) is 1.90. The molecule has 1 saturated heterocycles. The predicted molar refractivity (Wildman–Crippen MR) is 66.8 cm³/mol. The van der Waals surface area contributed by atoms with E-state index in [0.29, 0.717) is 5.82 Å². The van der Waals surface area contributed by atoms with Gasteiger partial charge < -0.3 is 24.6 Å². The quantitative estimate of drug-likeness (QED) is 0.622. The Morgan fingerprint density at radius 2 is 2.50 bits per heavy atom. The molecule has 108 valence electrons. The number of aliphatic hydroxyl groups is 1. The molecule has 1 aromatic rings. The molecule has 0 bridgehead atoms. The molecule has 20 heavy (non-hydrogen) atoms. The van der Waals surface area contributed by atoms with E-state index in [0.717, 1.165) is 0 Å². The van der Waals surface area contributed by atoms with E-state index in [4.69, 9.17) is 24.5 Å². The van der Waals surface area contributed by atoms with Crippen molar-refractivity contribution in [3.63, 3.8) is 0 Å². The van der Waals surface area contributed by atoms with Crippen LogP contribution in [-0.4, -0.2) is 45.0 Å². The highest BCUT2D eigenvalue weighted by molar-refractivity contribution is 7.32. The van der Waals surface area contributed by atoms with Gasteiger partial charge in [0.15, 0.2) is 0 Å². The average molecular weight is 300 g/mol. The highest BCUT2D eigenvalue weighted by Gasteiger charge is 2.37. The highest BCUT2D eigenvalue weighted by Crippen LogP contribution is 2.30. The molecule has 0 saturated carbocycles. The maximum absolute atomic E-state index is 10.7. The summed E-state index contributed by atoms with van der Waals surface area (Å²) in [7, 11) is -3.11. The van der Waals surface area contributed by atoms with Gasteiger partial charge in [-0.25, -0.2) is 9.97 Å². The average Bonchev–Trinajstić information content (AvgIpc) is 2.80. The number of anilines is 1. The summed E-state index contributed by atoms with van der Waals surface area (Å²) in [6.07, 6.45) is 0.899. The third-order valence-corrected chi connectivity index (χ3v) is 3.27. The molecule has 2 heterocycles. The Labute approximate surface area is 115 Å². The smallest absolute Gasteiger partial charge is 0.316 e. The van der Waals surface area contributed by atoms with Crippen LogP contribution in [0.4, 0.5) is 5.82 Å². The molecule has 10 heteroatoms. The van der Waals surface area contributed by atoms with Crippen LogP contribution in [0.5, 0.6) is 0 Å². The van der Waals surface area contributed by atoms with Crippen LogP contribution in [0, 0.1) is 11.3 Å². The zero-order chi connectivity index (χ0) is 14.5. The largest absolute Gasteiger partial charge is 0.394 e. The molecule has 3 N–H and O–H groups in total. The Morgan fingerprint density at radius 3 is 3.15 bits per heavy atom. The third kappa shape index (κ3) is 3.50. The Hall–Kier alpha value is -1.56. The van der Waals surface area contributed by atoms with Gasteiger partial charge in [-0.3, -0.25) is 4.57 Å². The fraction of sp³-hybridized carbons (Fsp3) is 0.500. The van der Waals surface area contributed by atoms with Crippen LogP contribution in [-0.2, 0) is 13.8 Å². The number of aromatic nitrogens is 2. The van der Waals surface area contributed by atoms with Crippen molar-refractivity contribution in [1.82, 2.24) is 9.97 Å². The minimum absolute atomic E-state index is 0.247. The normalized spacial score (nSPS) is 26.9. The molecule has 0 aromatic carbocycles. The lowest BCUT2D eigenvalue weighted by molar-refractivity contribution is -0.00894. The van der Waals surface area contributed by atoms with Crippen molar-refractivity contribution in [2.45, 2.75) is 24.9 Å². The summed E-state index contributed by atoms with van der Waals surface area (Å²) in [4.78, 5) is 16.4. The zero-order valence-electron chi connectivity index (χ0n) is 10.3. The van der Waals surface area contributed by atoms with Gasteiger partial charge >= 0.3 is 8.25 Å². The van der Waals surface area contributed by atoms with Crippen LogP contribution >= 0.6 is 8.25 Å². The minimum Gasteiger partial charge on any atom is -0.394 e. The molecule has 1 aliphatic rings. The van der Waals surface area contributed by atoms with E-state index in [2.05, 4.69) is 15.3 Å². The molecular formula is C10H13N4O5P. The Bertz CT molecular complexity index is 537. The molecule has 1 fully saturated rings. The maximum Gasteiger partial charge on any atom is 0.316 e. The van der Waals surface area contributed by atoms with Crippen LogP contribution in [0.1, 0.15) is 12.0 Å². The molecule has 1 aromatic heterocycles. The third-order valence-electron chi connectivity index (χ3n) is 2.76. The lowest BCUT2D eigenvalue weighted by Gasteiger charge is -2.15. The molecule has 0 aliphatic carbocycles. The number of nitriles is 1. The summed E-state index contributed by atoms with van der Waals surface area (Å²) < 4.78 is 21.0. The fourth-order valence-corrected chi connectivity index (χ4v) is 2.41. The van der Waals surface area contributed by atoms with E-state index in [1.165, 1.54) is 12.5 Å². The van der Waals surface area contributed by atoms with Gasteiger partial charge in [0.05, 0.1) is 18.9 Å². The first-order valence-electron chi connectivity index (χ1n) is 5.76. The van der Waals surface area contributed by atoms with Gasteiger partial charge in [0, 0.05) is 6.42 Å². The molecule has 1 aliphatic heterocycles. The SMILES string of the molecule is N#Cc1cncnc1N[C@H]1C[C@H](O[PH](=O)O)[C@@H](CO)O1. The first-order valence-corrected chi connectivity index (χ1v) is 7.03. The van der Waals surface area contributed by atoms with Gasteiger partial charge in [-0.1, -0.05) is 0 Å². The van der Waals surface area contributed by atoms with E-state index < -0.39 is 26.7 Å². The van der Waals surface area contributed by atoms with Crippen molar-refractivity contribution in [3.05, 3.63) is 18.1 Å². The first kappa shape index (κ1) is 14.8. The van der Waals surface area contributed by atoms with Crippen molar-refractivity contribution in [1.29, 1.82) is 5.26 Å². The van der Waals surface area contributed by atoms with E-state index in [9.17, 15) is 4.57 Å². The topological polar surface area (TPSA) is 138 Å². The minimum atomic E-state index is -3.11. The molecule has 0 spiro atoms. The number of nitrogens with zero attached hydrogens (tertiary/aromatic N) is 3. The van der Waals surface area contributed by atoms with Gasteiger partial charge in [0.1, 0.15) is 36.1 Å². The highest BCUT2D eigenvalue weighted by atomic mass is 31.1. The number of rotatable bonds is 5. The van der Waals surface area contributed by atoms with Crippen LogP contribution in [0.2, 0.25) is 0 Å². The summed E-state index contributed by atoms with van der Waals surface area (Å²) in [5, 5.41) is 20.9. The molecule has 9 nitrogen and oxygen atoms in total. The molecule has 1 unspecified atom stereocenters. The monoisotopic (exact) mass is 300 g/mol. The first-order chi connectivity index (χ1) is 9.63. The summed E-state index contributed by atoms with van der Waals surface area (Å²) >= 11 is 0. The van der Waals surface area contributed by atoms with Crippen molar-refractivity contribution in [2.75, 3.05) is 11.9 Å². The molecule has 0 radical (unpaired) electrons. The zero-order valence-corrected chi connectivity index (χ0v) is 11.3. The number of aliphatic hydroxyl groups excluding tert-OH is 1. The summed E-state index contributed by atoms with van der Waals surface area (Å²) in [6.45, 7) is -0.340. The second-order valence-corrected chi connectivity index (χ2v) is 4.81. The summed E-state index contributed by atoms with van der Waals surface area (Å²) in [6, 6.07) is 1.93. The number of ether oxygens (including phenoxy) is 1. The predicted octanol–water partition coefficient (Wildman–Crippen LogP) is -0.365. The van der Waals surface area contributed by atoms with Gasteiger partial charge in [-0.2, -0.15) is 5.26 Å². The molecule has 2 rings (SSSR count). The second kappa shape index (κ2) is 6.74. The van der Waals surface area contributed by atoms with E-state index in [1.807, 2.05) is 6.07 Å². The Kier molecular flexibility index (Phi) is 5.00. The van der Waals surface area contributed by atoms with Crippen molar-refractivity contribution < 1.29 is 23.8 Å². The summed E-state index contributed by atoms with van der Waals surface area (Å²) in [5.41, 5.74) is 0.247. The van der Waals surface area contributed by atoms with E-state index in [1.54, 1.807) is 0 Å². The van der Waals surface area contributed by atoms with Crippen LogP contribution < -0.4 is 5.32 Å². The second-order valence-electron chi connectivity index (χ2n) is 4.04. The van der Waals surface area contributed by atoms with Gasteiger partial charge in [0.25, 0.3) is 0 Å². The number of hydrogen-bond acceptors (Lipinski definition) is 8. The van der Waals surface area contributed by atoms with Crippen LogP contribution in [0.25, 0.3) is 0 Å². The molecular weight excluding hydrogens is 287 g/mol.